The maximum absolute atomic E-state index is 12.0. The molecule has 12 nitrogen and oxygen atoms in total. The summed E-state index contributed by atoms with van der Waals surface area (Å²) in [7, 11) is 0. The number of pyridine rings is 1. The van der Waals surface area contributed by atoms with Crippen LogP contribution in [0.15, 0.2) is 78.0 Å². The van der Waals surface area contributed by atoms with Gasteiger partial charge in [0.05, 0.1) is 17.3 Å². The first-order valence-electron chi connectivity index (χ1n) is 18.0. The number of hydrogen-bond acceptors (Lipinski definition) is 9. The number of nitrogen functional groups attached to an aromatic ring is 1. The molecule has 13 heteroatoms. The Kier molecular flexibility index (Phi) is 14.6. The third-order valence-electron chi connectivity index (χ3n) is 9.17. The van der Waals surface area contributed by atoms with E-state index in [9.17, 15) is 9.90 Å². The van der Waals surface area contributed by atoms with Gasteiger partial charge in [-0.15, -0.1) is 0 Å². The van der Waals surface area contributed by atoms with Crippen LogP contribution < -0.4 is 36.7 Å². The lowest BCUT2D eigenvalue weighted by molar-refractivity contribution is -0.139. The molecule has 0 saturated carbocycles. The molecule has 0 amide bonds. The Morgan fingerprint density at radius 2 is 1.77 bits per heavy atom. The minimum absolute atomic E-state index is 0.0316. The van der Waals surface area contributed by atoms with Crippen LogP contribution in [-0.4, -0.2) is 65.7 Å². The molecule has 0 aliphatic carbocycles. The van der Waals surface area contributed by atoms with Crippen molar-refractivity contribution in [1.82, 2.24) is 15.2 Å². The smallest absolute Gasteiger partial charge is 0.320 e. The van der Waals surface area contributed by atoms with Gasteiger partial charge in [0.25, 0.3) is 0 Å². The number of nitrogens with one attached hydrogen (secondary N) is 1. The molecular weight excluding hydrogens is 694 g/mol. The van der Waals surface area contributed by atoms with Crippen molar-refractivity contribution in [2.45, 2.75) is 64.8 Å². The molecule has 2 heterocycles. The second-order valence-corrected chi connectivity index (χ2v) is 13.6. The van der Waals surface area contributed by atoms with Crippen LogP contribution in [0.5, 0.6) is 17.2 Å². The van der Waals surface area contributed by atoms with E-state index in [1.165, 1.54) is 25.9 Å². The van der Waals surface area contributed by atoms with Crippen molar-refractivity contribution < 1.29 is 24.1 Å². The monoisotopic (exact) mass is 743 g/mol. The lowest BCUT2D eigenvalue weighted by Gasteiger charge is -2.19. The molecule has 8 N–H and O–H groups in total. The van der Waals surface area contributed by atoms with E-state index >= 15 is 0 Å². The second kappa shape index (κ2) is 19.7. The summed E-state index contributed by atoms with van der Waals surface area (Å²) in [6, 6.07) is 18.8. The molecular formula is C40H50ClN7O5. The molecule has 4 aromatic rings. The van der Waals surface area contributed by atoms with E-state index in [2.05, 4.69) is 45.3 Å². The van der Waals surface area contributed by atoms with E-state index in [0.29, 0.717) is 53.8 Å². The van der Waals surface area contributed by atoms with Gasteiger partial charge < -0.3 is 46.7 Å². The number of hydrogen-bond donors (Lipinski definition) is 5. The SMILES string of the molecule is Cc1c(COc2cc(OCc3cncc(N)c3)c(CN[C@@H](CCCN=C(N)N)C(=O)O)cc2Cl)cccc1-c1cccc(OCCCN2CCCC2)c1. The number of aliphatic carboxylic acids is 1. The molecule has 1 atom stereocenters. The third-order valence-corrected chi connectivity index (χ3v) is 9.46. The van der Waals surface area contributed by atoms with E-state index in [4.69, 9.17) is 43.0 Å². The number of rotatable bonds is 20. The Bertz CT molecular complexity index is 1850. The lowest BCUT2D eigenvalue weighted by Crippen LogP contribution is -2.36. The number of aromatic nitrogens is 1. The topological polar surface area (TPSA) is 184 Å². The van der Waals surface area contributed by atoms with Crippen LogP contribution in [-0.2, 0) is 24.6 Å². The van der Waals surface area contributed by atoms with Crippen LogP contribution >= 0.6 is 11.6 Å². The summed E-state index contributed by atoms with van der Waals surface area (Å²) in [6.45, 7) is 7.17. The maximum Gasteiger partial charge on any atom is 0.320 e. The van der Waals surface area contributed by atoms with Gasteiger partial charge in [-0.05, 0) is 98.6 Å². The molecule has 1 aliphatic heterocycles. The minimum Gasteiger partial charge on any atom is -0.494 e. The first-order valence-corrected chi connectivity index (χ1v) is 18.4. The van der Waals surface area contributed by atoms with Gasteiger partial charge in [0, 0.05) is 49.2 Å². The minimum atomic E-state index is -0.987. The average molecular weight is 744 g/mol. The summed E-state index contributed by atoms with van der Waals surface area (Å²) in [5.41, 5.74) is 22.9. The number of carboxylic acids is 1. The van der Waals surface area contributed by atoms with E-state index in [-0.39, 0.29) is 25.7 Å². The summed E-state index contributed by atoms with van der Waals surface area (Å²) in [5.74, 6) is 0.743. The molecule has 1 aromatic heterocycles. The molecule has 0 spiro atoms. The zero-order chi connectivity index (χ0) is 37.6. The molecule has 0 bridgehead atoms. The summed E-state index contributed by atoms with van der Waals surface area (Å²) >= 11 is 6.78. The predicted octanol–water partition coefficient (Wildman–Crippen LogP) is 5.91. The van der Waals surface area contributed by atoms with Crippen molar-refractivity contribution in [2.24, 2.45) is 16.5 Å². The van der Waals surface area contributed by atoms with Gasteiger partial charge in [0.15, 0.2) is 5.96 Å². The summed E-state index contributed by atoms with van der Waals surface area (Å²) in [5, 5.41) is 13.3. The fourth-order valence-corrected chi connectivity index (χ4v) is 6.54. The van der Waals surface area contributed by atoms with Gasteiger partial charge in [-0.3, -0.25) is 14.8 Å². The lowest BCUT2D eigenvalue weighted by atomic mass is 9.96. The predicted molar refractivity (Wildman–Crippen MR) is 209 cm³/mol. The van der Waals surface area contributed by atoms with Crippen molar-refractivity contribution in [2.75, 3.05) is 38.5 Å². The second-order valence-electron chi connectivity index (χ2n) is 13.2. The number of aliphatic imine (C=N–C) groups is 1. The standard InChI is InChI=1S/C40H50ClN7O5/c1-27-30(9-5-11-34(27)29-8-4-10-33(19-29)51-17-7-16-48-14-2-3-15-48)26-53-38-21-37(52-25-28-18-32(42)24-45-22-28)31(20-35(38)41)23-47-36(39(49)50)12-6-13-46-40(43)44/h4-5,8-11,18-22,24,36,47H,2-3,6-7,12-17,23,25-26,42H2,1H3,(H,49,50)(H4,43,44,46)/t36-/m0/s1. The van der Waals surface area contributed by atoms with Crippen molar-refractivity contribution in [3.05, 3.63) is 100 Å². The van der Waals surface area contributed by atoms with Crippen molar-refractivity contribution in [3.63, 3.8) is 0 Å². The fraction of sp³-hybridized carbons (Fsp3) is 0.375. The maximum atomic E-state index is 12.0. The molecule has 1 saturated heterocycles. The Morgan fingerprint density at radius 3 is 2.55 bits per heavy atom. The zero-order valence-electron chi connectivity index (χ0n) is 30.2. The van der Waals surface area contributed by atoms with Crippen LogP contribution in [0.4, 0.5) is 5.69 Å². The summed E-state index contributed by atoms with van der Waals surface area (Å²) < 4.78 is 18.7. The highest BCUT2D eigenvalue weighted by atomic mass is 35.5. The number of nitrogens with two attached hydrogens (primary N) is 3. The number of likely N-dealkylation sites (tertiary alicyclic amines) is 1. The molecule has 0 radical (unpaired) electrons. The Labute approximate surface area is 316 Å². The third kappa shape index (κ3) is 12.0. The molecule has 282 valence electrons. The van der Waals surface area contributed by atoms with Crippen LogP contribution in [0.2, 0.25) is 5.02 Å². The average Bonchev–Trinajstić information content (AvgIpc) is 3.66. The Hall–Kier alpha value is -5.04. The number of anilines is 1. The van der Waals surface area contributed by atoms with Crippen LogP contribution in [0.25, 0.3) is 11.1 Å². The number of guanidine groups is 1. The van der Waals surface area contributed by atoms with Gasteiger partial charge >= 0.3 is 5.97 Å². The van der Waals surface area contributed by atoms with E-state index in [1.807, 2.05) is 24.3 Å². The van der Waals surface area contributed by atoms with E-state index in [0.717, 1.165) is 46.5 Å². The van der Waals surface area contributed by atoms with E-state index < -0.39 is 12.0 Å². The van der Waals surface area contributed by atoms with Gasteiger partial charge in [-0.1, -0.05) is 41.9 Å². The normalized spacial score (nSPS) is 13.4. The first-order chi connectivity index (χ1) is 25.7. The largest absolute Gasteiger partial charge is 0.494 e. The summed E-state index contributed by atoms with van der Waals surface area (Å²) in [6.07, 6.45) is 7.64. The molecule has 0 unspecified atom stereocenters. The number of carbonyl (C=O) groups is 1. The number of nitrogens with zero attached hydrogens (tertiary/aromatic N) is 3. The fourth-order valence-electron chi connectivity index (χ4n) is 6.30. The van der Waals surface area contributed by atoms with Crippen LogP contribution in [0, 0.1) is 6.92 Å². The highest BCUT2D eigenvalue weighted by molar-refractivity contribution is 6.32. The van der Waals surface area contributed by atoms with Crippen LogP contribution in [0.1, 0.15) is 54.4 Å². The number of carboxylic acid groups (broad SMARTS) is 1. The highest BCUT2D eigenvalue weighted by Crippen LogP contribution is 2.35. The van der Waals surface area contributed by atoms with Crippen molar-refractivity contribution in [1.29, 1.82) is 0 Å². The van der Waals surface area contributed by atoms with E-state index in [1.54, 1.807) is 30.6 Å². The number of benzene rings is 3. The Balaban J connectivity index is 1.28. The first kappa shape index (κ1) is 39.2. The van der Waals surface area contributed by atoms with Crippen LogP contribution in [0.3, 0.4) is 0 Å². The highest BCUT2D eigenvalue weighted by Gasteiger charge is 2.19. The van der Waals surface area contributed by atoms with Crippen molar-refractivity contribution in [3.8, 4) is 28.4 Å². The quantitative estimate of drug-likeness (QED) is 0.0412. The van der Waals surface area contributed by atoms with Gasteiger partial charge in [0.2, 0.25) is 0 Å². The van der Waals surface area contributed by atoms with Gasteiger partial charge in [-0.2, -0.15) is 0 Å². The molecule has 3 aromatic carbocycles. The Morgan fingerprint density at radius 1 is 0.981 bits per heavy atom. The molecule has 1 aliphatic rings. The number of ether oxygens (including phenoxy) is 3. The zero-order valence-corrected chi connectivity index (χ0v) is 31.0. The molecule has 1 fully saturated rings. The summed E-state index contributed by atoms with van der Waals surface area (Å²) in [4.78, 5) is 22.6. The van der Waals surface area contributed by atoms with Crippen molar-refractivity contribution >= 4 is 29.2 Å². The number of halogens is 1. The molecule has 53 heavy (non-hydrogen) atoms. The van der Waals surface area contributed by atoms with Gasteiger partial charge in [0.1, 0.15) is 36.5 Å². The van der Waals surface area contributed by atoms with Gasteiger partial charge in [-0.25, -0.2) is 0 Å². The molecule has 5 rings (SSSR count).